The Morgan fingerprint density at radius 3 is 2.42 bits per heavy atom. The van der Waals surface area contributed by atoms with E-state index in [0.29, 0.717) is 16.7 Å². The SMILES string of the molecule is CC(Sc1nnc(-c2ccco2)n1-c1ccccc1)C(=O)Nc1ccc(N(C)C)cc1. The van der Waals surface area contributed by atoms with Crippen LogP contribution in [-0.2, 0) is 4.79 Å². The molecule has 1 amide bonds. The zero-order chi connectivity index (χ0) is 21.8. The van der Waals surface area contributed by atoms with Crippen LogP contribution in [0, 0.1) is 0 Å². The highest BCUT2D eigenvalue weighted by Crippen LogP contribution is 2.30. The first-order valence-electron chi connectivity index (χ1n) is 9.82. The molecule has 2 aromatic carbocycles. The summed E-state index contributed by atoms with van der Waals surface area (Å²) in [7, 11) is 3.96. The maximum Gasteiger partial charge on any atom is 0.237 e. The fourth-order valence-electron chi connectivity index (χ4n) is 3.02. The second kappa shape index (κ2) is 9.09. The number of thioether (sulfide) groups is 1. The number of hydrogen-bond donors (Lipinski definition) is 1. The van der Waals surface area contributed by atoms with Crippen LogP contribution in [0.2, 0.25) is 0 Å². The van der Waals surface area contributed by atoms with Gasteiger partial charge in [-0.1, -0.05) is 30.0 Å². The number of furan rings is 1. The molecule has 0 spiro atoms. The monoisotopic (exact) mass is 433 g/mol. The first-order chi connectivity index (χ1) is 15.0. The molecule has 1 unspecified atom stereocenters. The summed E-state index contributed by atoms with van der Waals surface area (Å²) >= 11 is 1.35. The van der Waals surface area contributed by atoms with Gasteiger partial charge in [0, 0.05) is 31.2 Å². The molecule has 0 aliphatic carbocycles. The number of carbonyl (C=O) groups is 1. The second-order valence-corrected chi connectivity index (χ2v) is 8.45. The summed E-state index contributed by atoms with van der Waals surface area (Å²) in [6.07, 6.45) is 1.60. The van der Waals surface area contributed by atoms with Gasteiger partial charge in [0.2, 0.25) is 11.7 Å². The van der Waals surface area contributed by atoms with E-state index >= 15 is 0 Å². The van der Waals surface area contributed by atoms with Gasteiger partial charge in [0.1, 0.15) is 0 Å². The highest BCUT2D eigenvalue weighted by molar-refractivity contribution is 8.00. The number of nitrogens with zero attached hydrogens (tertiary/aromatic N) is 4. The van der Waals surface area contributed by atoms with Gasteiger partial charge in [-0.05, 0) is 55.5 Å². The van der Waals surface area contributed by atoms with E-state index in [1.165, 1.54) is 11.8 Å². The van der Waals surface area contributed by atoms with Crippen molar-refractivity contribution in [2.75, 3.05) is 24.3 Å². The van der Waals surface area contributed by atoms with Gasteiger partial charge < -0.3 is 14.6 Å². The van der Waals surface area contributed by atoms with Crippen molar-refractivity contribution in [1.82, 2.24) is 14.8 Å². The zero-order valence-electron chi connectivity index (χ0n) is 17.5. The normalized spacial score (nSPS) is 11.8. The van der Waals surface area contributed by atoms with Gasteiger partial charge in [-0.2, -0.15) is 0 Å². The molecule has 4 aromatic rings. The fraction of sp³-hybridized carbons (Fsp3) is 0.174. The lowest BCUT2D eigenvalue weighted by Crippen LogP contribution is -2.23. The highest BCUT2D eigenvalue weighted by Gasteiger charge is 2.23. The number of anilines is 2. The van der Waals surface area contributed by atoms with E-state index in [2.05, 4.69) is 15.5 Å². The Labute approximate surface area is 185 Å². The summed E-state index contributed by atoms with van der Waals surface area (Å²) in [5.74, 6) is 1.09. The molecule has 0 saturated heterocycles. The molecule has 2 aromatic heterocycles. The third-order valence-corrected chi connectivity index (χ3v) is 5.73. The Balaban J connectivity index is 1.55. The first kappa shape index (κ1) is 20.7. The minimum Gasteiger partial charge on any atom is -0.461 e. The lowest BCUT2D eigenvalue weighted by Gasteiger charge is -2.15. The molecule has 0 radical (unpaired) electrons. The van der Waals surface area contributed by atoms with Crippen LogP contribution in [0.5, 0.6) is 0 Å². The largest absolute Gasteiger partial charge is 0.461 e. The van der Waals surface area contributed by atoms with Gasteiger partial charge in [0.05, 0.1) is 11.5 Å². The van der Waals surface area contributed by atoms with Gasteiger partial charge in [0.15, 0.2) is 10.9 Å². The maximum absolute atomic E-state index is 12.8. The number of para-hydroxylation sites is 1. The Morgan fingerprint density at radius 1 is 1.03 bits per heavy atom. The molecule has 158 valence electrons. The number of benzene rings is 2. The van der Waals surface area contributed by atoms with Gasteiger partial charge in [-0.3, -0.25) is 9.36 Å². The van der Waals surface area contributed by atoms with Crippen molar-refractivity contribution in [3.63, 3.8) is 0 Å². The maximum atomic E-state index is 12.8. The van der Waals surface area contributed by atoms with E-state index in [0.717, 1.165) is 17.1 Å². The van der Waals surface area contributed by atoms with E-state index in [9.17, 15) is 4.79 Å². The third-order valence-electron chi connectivity index (χ3n) is 4.69. The van der Waals surface area contributed by atoms with Crippen LogP contribution < -0.4 is 10.2 Å². The smallest absolute Gasteiger partial charge is 0.237 e. The minimum absolute atomic E-state index is 0.107. The number of rotatable bonds is 7. The number of nitrogens with one attached hydrogen (secondary N) is 1. The van der Waals surface area contributed by atoms with Gasteiger partial charge >= 0.3 is 0 Å². The van der Waals surface area contributed by atoms with E-state index in [1.807, 2.05) is 97.2 Å². The zero-order valence-corrected chi connectivity index (χ0v) is 18.3. The first-order valence-corrected chi connectivity index (χ1v) is 10.7. The van der Waals surface area contributed by atoms with Crippen LogP contribution in [0.4, 0.5) is 11.4 Å². The van der Waals surface area contributed by atoms with E-state index in [1.54, 1.807) is 6.26 Å². The van der Waals surface area contributed by atoms with Gasteiger partial charge in [0.25, 0.3) is 0 Å². The molecule has 0 saturated carbocycles. The molecule has 4 rings (SSSR count). The topological polar surface area (TPSA) is 76.2 Å². The molecule has 8 heteroatoms. The van der Waals surface area contributed by atoms with Crippen LogP contribution in [0.3, 0.4) is 0 Å². The van der Waals surface area contributed by atoms with Crippen LogP contribution in [0.25, 0.3) is 17.3 Å². The molecule has 1 atom stereocenters. The van der Waals surface area contributed by atoms with Gasteiger partial charge in [-0.15, -0.1) is 10.2 Å². The van der Waals surface area contributed by atoms with Crippen LogP contribution >= 0.6 is 11.8 Å². The summed E-state index contributed by atoms with van der Waals surface area (Å²) in [4.78, 5) is 14.8. The van der Waals surface area contributed by atoms with Crippen LogP contribution in [0.1, 0.15) is 6.92 Å². The number of carbonyl (C=O) groups excluding carboxylic acids is 1. The predicted molar refractivity (Wildman–Crippen MR) is 124 cm³/mol. The minimum atomic E-state index is -0.385. The number of hydrogen-bond acceptors (Lipinski definition) is 6. The van der Waals surface area contributed by atoms with Crippen LogP contribution in [0.15, 0.2) is 82.6 Å². The van der Waals surface area contributed by atoms with Crippen molar-refractivity contribution in [1.29, 1.82) is 0 Å². The second-order valence-electron chi connectivity index (χ2n) is 7.15. The van der Waals surface area contributed by atoms with E-state index in [4.69, 9.17) is 4.42 Å². The van der Waals surface area contributed by atoms with E-state index in [-0.39, 0.29) is 11.2 Å². The average molecular weight is 434 g/mol. The van der Waals surface area contributed by atoms with Crippen molar-refractivity contribution in [2.45, 2.75) is 17.3 Å². The van der Waals surface area contributed by atoms with Gasteiger partial charge in [-0.25, -0.2) is 0 Å². The number of aromatic nitrogens is 3. The highest BCUT2D eigenvalue weighted by atomic mass is 32.2. The molecule has 1 N–H and O–H groups in total. The van der Waals surface area contributed by atoms with Crippen molar-refractivity contribution in [3.05, 3.63) is 73.0 Å². The standard InChI is InChI=1S/C23H23N5O2S/c1-16(22(29)24-17-11-13-18(14-12-17)27(2)3)31-23-26-25-21(20-10-7-15-30-20)28(23)19-8-5-4-6-9-19/h4-16H,1-3H3,(H,24,29). The Kier molecular flexibility index (Phi) is 6.08. The van der Waals surface area contributed by atoms with Crippen molar-refractivity contribution >= 4 is 29.0 Å². The Hall–Kier alpha value is -3.52. The van der Waals surface area contributed by atoms with Crippen molar-refractivity contribution in [3.8, 4) is 17.3 Å². The quantitative estimate of drug-likeness (QED) is 0.425. The van der Waals surface area contributed by atoms with Crippen molar-refractivity contribution in [2.24, 2.45) is 0 Å². The third kappa shape index (κ3) is 4.64. The molecule has 0 bridgehead atoms. The molecule has 0 aliphatic heterocycles. The fourth-order valence-corrected chi connectivity index (χ4v) is 3.89. The summed E-state index contributed by atoms with van der Waals surface area (Å²) < 4.78 is 7.44. The van der Waals surface area contributed by atoms with E-state index < -0.39 is 0 Å². The summed E-state index contributed by atoms with van der Waals surface area (Å²) in [5.41, 5.74) is 2.72. The lowest BCUT2D eigenvalue weighted by molar-refractivity contribution is -0.115. The molecule has 0 fully saturated rings. The van der Waals surface area contributed by atoms with Crippen LogP contribution in [-0.4, -0.2) is 40.0 Å². The summed E-state index contributed by atoms with van der Waals surface area (Å²) in [6, 6.07) is 21.2. The molecular weight excluding hydrogens is 410 g/mol. The van der Waals surface area contributed by atoms with Crippen molar-refractivity contribution < 1.29 is 9.21 Å². The summed E-state index contributed by atoms with van der Waals surface area (Å²) in [5, 5.41) is 11.9. The molecule has 2 heterocycles. The molecule has 7 nitrogen and oxygen atoms in total. The summed E-state index contributed by atoms with van der Waals surface area (Å²) in [6.45, 7) is 1.85. The average Bonchev–Trinajstić information content (AvgIpc) is 3.44. The molecule has 0 aliphatic rings. The Morgan fingerprint density at radius 2 is 1.77 bits per heavy atom. The number of amides is 1. The molecular formula is C23H23N5O2S. The lowest BCUT2D eigenvalue weighted by atomic mass is 10.2. The molecule has 31 heavy (non-hydrogen) atoms. The predicted octanol–water partition coefficient (Wildman–Crippen LogP) is 4.71. The Bertz CT molecular complexity index is 1140.